The molecule has 0 aliphatic heterocycles. The predicted octanol–water partition coefficient (Wildman–Crippen LogP) is -1.08. The molecule has 4 nitrogen and oxygen atoms in total. The van der Waals surface area contributed by atoms with Gasteiger partial charge in [-0.25, -0.2) is 0 Å². The van der Waals surface area contributed by atoms with Crippen LogP contribution in [-0.4, -0.2) is 38.5 Å². The SMILES string of the molecule is CO.COC(CN)CCN. The van der Waals surface area contributed by atoms with E-state index in [2.05, 4.69) is 0 Å². The molecule has 0 saturated heterocycles. The third-order valence-electron chi connectivity index (χ3n) is 1.08. The quantitative estimate of drug-likeness (QED) is 0.476. The zero-order chi connectivity index (χ0) is 8.41. The highest BCUT2D eigenvalue weighted by molar-refractivity contribution is 4.56. The fourth-order valence-corrected chi connectivity index (χ4v) is 0.518. The van der Waals surface area contributed by atoms with Gasteiger partial charge in [0.2, 0.25) is 0 Å². The molecule has 0 aliphatic rings. The van der Waals surface area contributed by atoms with E-state index in [-0.39, 0.29) is 6.10 Å². The van der Waals surface area contributed by atoms with Gasteiger partial charge in [-0.1, -0.05) is 0 Å². The zero-order valence-corrected chi connectivity index (χ0v) is 6.71. The Labute approximate surface area is 62.2 Å². The maximum atomic E-state index is 7.00. The molecule has 0 aliphatic carbocycles. The van der Waals surface area contributed by atoms with Crippen molar-refractivity contribution >= 4 is 0 Å². The number of hydrogen-bond donors (Lipinski definition) is 3. The molecule has 0 bridgehead atoms. The van der Waals surface area contributed by atoms with E-state index in [0.29, 0.717) is 13.1 Å². The van der Waals surface area contributed by atoms with Crippen LogP contribution >= 0.6 is 0 Å². The first-order valence-electron chi connectivity index (χ1n) is 3.22. The fraction of sp³-hybridized carbons (Fsp3) is 1.00. The second-order valence-electron chi connectivity index (χ2n) is 1.67. The van der Waals surface area contributed by atoms with Gasteiger partial charge >= 0.3 is 0 Å². The monoisotopic (exact) mass is 150 g/mol. The van der Waals surface area contributed by atoms with Crippen LogP contribution in [0, 0.1) is 0 Å². The van der Waals surface area contributed by atoms with Crippen LogP contribution in [0.15, 0.2) is 0 Å². The molecular weight excluding hydrogens is 132 g/mol. The third-order valence-corrected chi connectivity index (χ3v) is 1.08. The lowest BCUT2D eigenvalue weighted by Crippen LogP contribution is -2.25. The van der Waals surface area contributed by atoms with Crippen molar-refractivity contribution in [2.24, 2.45) is 11.5 Å². The third kappa shape index (κ3) is 7.84. The smallest absolute Gasteiger partial charge is 0.0705 e. The normalized spacial score (nSPS) is 11.7. The van der Waals surface area contributed by atoms with Gasteiger partial charge in [0, 0.05) is 20.8 Å². The number of rotatable bonds is 4. The number of hydrogen-bond acceptors (Lipinski definition) is 4. The minimum atomic E-state index is 0.153. The highest BCUT2D eigenvalue weighted by Crippen LogP contribution is 1.89. The van der Waals surface area contributed by atoms with Crippen LogP contribution in [0.3, 0.4) is 0 Å². The largest absolute Gasteiger partial charge is 0.400 e. The van der Waals surface area contributed by atoms with Crippen molar-refractivity contribution in [1.82, 2.24) is 0 Å². The molecule has 4 heteroatoms. The van der Waals surface area contributed by atoms with Gasteiger partial charge in [-0.3, -0.25) is 0 Å². The Morgan fingerprint density at radius 2 is 1.90 bits per heavy atom. The van der Waals surface area contributed by atoms with E-state index in [1.54, 1.807) is 7.11 Å². The van der Waals surface area contributed by atoms with Gasteiger partial charge in [-0.2, -0.15) is 0 Å². The van der Waals surface area contributed by atoms with Gasteiger partial charge in [0.05, 0.1) is 6.10 Å². The van der Waals surface area contributed by atoms with E-state index < -0.39 is 0 Å². The molecule has 1 unspecified atom stereocenters. The Morgan fingerprint density at radius 3 is 2.00 bits per heavy atom. The van der Waals surface area contributed by atoms with E-state index in [1.807, 2.05) is 0 Å². The number of nitrogens with two attached hydrogens (primary N) is 2. The summed E-state index contributed by atoms with van der Waals surface area (Å²) >= 11 is 0. The lowest BCUT2D eigenvalue weighted by atomic mass is 10.2. The van der Waals surface area contributed by atoms with Crippen molar-refractivity contribution in [2.45, 2.75) is 12.5 Å². The van der Waals surface area contributed by atoms with Crippen molar-refractivity contribution in [3.8, 4) is 0 Å². The first-order chi connectivity index (χ1) is 4.85. The second-order valence-corrected chi connectivity index (χ2v) is 1.67. The van der Waals surface area contributed by atoms with Gasteiger partial charge in [-0.15, -0.1) is 0 Å². The molecule has 0 aromatic carbocycles. The highest BCUT2D eigenvalue weighted by Gasteiger charge is 1.99. The van der Waals surface area contributed by atoms with Gasteiger partial charge in [0.15, 0.2) is 0 Å². The zero-order valence-electron chi connectivity index (χ0n) is 6.71. The summed E-state index contributed by atoms with van der Waals surface area (Å²) in [7, 11) is 2.65. The van der Waals surface area contributed by atoms with E-state index in [4.69, 9.17) is 21.3 Å². The molecule has 0 fully saturated rings. The summed E-state index contributed by atoms with van der Waals surface area (Å²) in [6.07, 6.45) is 1.01. The van der Waals surface area contributed by atoms with E-state index in [0.717, 1.165) is 13.5 Å². The molecule has 0 spiro atoms. The molecule has 0 heterocycles. The molecule has 0 radical (unpaired) electrons. The van der Waals surface area contributed by atoms with Crippen LogP contribution in [0.5, 0.6) is 0 Å². The van der Waals surface area contributed by atoms with Crippen molar-refractivity contribution < 1.29 is 9.84 Å². The second kappa shape index (κ2) is 11.6. The molecule has 0 aromatic rings. The van der Waals surface area contributed by atoms with Gasteiger partial charge in [0.1, 0.15) is 0 Å². The predicted molar refractivity (Wildman–Crippen MR) is 41.7 cm³/mol. The number of ether oxygens (including phenoxy) is 1. The van der Waals surface area contributed by atoms with E-state index >= 15 is 0 Å². The van der Waals surface area contributed by atoms with Crippen LogP contribution in [0.1, 0.15) is 6.42 Å². The molecule has 0 amide bonds. The Kier molecular flexibility index (Phi) is 14.5. The summed E-state index contributed by atoms with van der Waals surface area (Å²) in [5, 5.41) is 7.00. The lowest BCUT2D eigenvalue weighted by molar-refractivity contribution is 0.104. The van der Waals surface area contributed by atoms with Gasteiger partial charge < -0.3 is 21.3 Å². The summed E-state index contributed by atoms with van der Waals surface area (Å²) in [5.74, 6) is 0. The van der Waals surface area contributed by atoms with Crippen molar-refractivity contribution in [3.05, 3.63) is 0 Å². The molecule has 64 valence electrons. The molecule has 5 N–H and O–H groups in total. The maximum absolute atomic E-state index is 7.00. The molecule has 0 aromatic heterocycles. The molecule has 1 atom stereocenters. The Hall–Kier alpha value is -0.160. The minimum Gasteiger partial charge on any atom is -0.400 e. The van der Waals surface area contributed by atoms with Crippen LogP contribution in [0.2, 0.25) is 0 Å². The van der Waals surface area contributed by atoms with Crippen molar-refractivity contribution in [3.63, 3.8) is 0 Å². The van der Waals surface area contributed by atoms with Gasteiger partial charge in [-0.05, 0) is 13.0 Å². The molecular formula is C6H18N2O2. The lowest BCUT2D eigenvalue weighted by Gasteiger charge is -2.09. The first-order valence-corrected chi connectivity index (χ1v) is 3.22. The first kappa shape index (κ1) is 12.5. The average molecular weight is 150 g/mol. The van der Waals surface area contributed by atoms with Crippen LogP contribution < -0.4 is 11.5 Å². The summed E-state index contributed by atoms with van der Waals surface area (Å²) in [5.41, 5.74) is 10.5. The highest BCUT2D eigenvalue weighted by atomic mass is 16.5. The van der Waals surface area contributed by atoms with Crippen LogP contribution in [0.4, 0.5) is 0 Å². The number of aliphatic hydroxyl groups is 1. The van der Waals surface area contributed by atoms with E-state index in [9.17, 15) is 0 Å². The molecule has 0 rings (SSSR count). The summed E-state index contributed by atoms with van der Waals surface area (Å²) in [6, 6.07) is 0. The maximum Gasteiger partial charge on any atom is 0.0705 e. The van der Waals surface area contributed by atoms with Crippen molar-refractivity contribution in [2.75, 3.05) is 27.3 Å². The Morgan fingerprint density at radius 1 is 1.40 bits per heavy atom. The van der Waals surface area contributed by atoms with Gasteiger partial charge in [0.25, 0.3) is 0 Å². The Bertz CT molecular complexity index is 49.0. The average Bonchev–Trinajstić information content (AvgIpc) is 2.04. The fourth-order valence-electron chi connectivity index (χ4n) is 0.518. The Balaban J connectivity index is 0. The van der Waals surface area contributed by atoms with E-state index in [1.165, 1.54) is 0 Å². The summed E-state index contributed by atoms with van der Waals surface area (Å²) in [6.45, 7) is 1.21. The molecule has 0 saturated carbocycles. The summed E-state index contributed by atoms with van der Waals surface area (Å²) in [4.78, 5) is 0. The number of aliphatic hydroxyl groups excluding tert-OH is 1. The standard InChI is InChI=1S/C5H14N2O.CH4O/c1-8-5(4-7)2-3-6;1-2/h5H,2-4,6-7H2,1H3;2H,1H3. The van der Waals surface area contributed by atoms with Crippen molar-refractivity contribution in [1.29, 1.82) is 0 Å². The number of methoxy groups -OCH3 is 1. The summed E-state index contributed by atoms with van der Waals surface area (Å²) < 4.78 is 4.93. The minimum absolute atomic E-state index is 0.153. The van der Waals surface area contributed by atoms with Crippen LogP contribution in [0.25, 0.3) is 0 Å². The topological polar surface area (TPSA) is 81.5 Å². The van der Waals surface area contributed by atoms with Crippen LogP contribution in [-0.2, 0) is 4.74 Å². The molecule has 10 heavy (non-hydrogen) atoms.